The Labute approximate surface area is 117 Å². The molecule has 18 heavy (non-hydrogen) atoms. The van der Waals surface area contributed by atoms with Crippen molar-refractivity contribution in [3.05, 3.63) is 36.0 Å². The van der Waals surface area contributed by atoms with Crippen LogP contribution in [0.3, 0.4) is 0 Å². The molecule has 0 amide bonds. The predicted molar refractivity (Wildman–Crippen MR) is 89.0 cm³/mol. The maximum atomic E-state index is 3.78. The second-order valence-corrected chi connectivity index (χ2v) is 4.06. The molecule has 0 saturated heterocycles. The average molecular weight is 252 g/mol. The van der Waals surface area contributed by atoms with Crippen molar-refractivity contribution in [3.8, 4) is 0 Å². The van der Waals surface area contributed by atoms with Gasteiger partial charge < -0.3 is 0 Å². The molecule has 0 aromatic carbocycles. The molecule has 1 saturated carbocycles. The SMILES string of the molecule is C.C=C/C=C1\C(=C/C)CCC1C(C)C.CC.CC. The topological polar surface area (TPSA) is 0 Å². The number of allylic oxidation sites excluding steroid dienone is 5. The lowest BCUT2D eigenvalue weighted by Crippen LogP contribution is -2.05. The molecule has 1 aliphatic carbocycles. The minimum absolute atomic E-state index is 0. The van der Waals surface area contributed by atoms with Gasteiger partial charge in [-0.15, -0.1) is 0 Å². The Morgan fingerprint density at radius 3 is 2.00 bits per heavy atom. The molecule has 108 valence electrons. The maximum Gasteiger partial charge on any atom is -0.0133 e. The predicted octanol–water partition coefficient (Wildman–Crippen LogP) is 6.80. The van der Waals surface area contributed by atoms with Gasteiger partial charge in [0.2, 0.25) is 0 Å². The van der Waals surface area contributed by atoms with Crippen molar-refractivity contribution in [1.29, 1.82) is 0 Å². The van der Waals surface area contributed by atoms with Gasteiger partial charge >= 0.3 is 0 Å². The third-order valence-electron chi connectivity index (χ3n) is 2.95. The Hall–Kier alpha value is -0.780. The fourth-order valence-corrected chi connectivity index (χ4v) is 2.21. The standard InChI is InChI=1S/C13H20.2C2H6.CH4/c1-5-7-13-11(6-2)8-9-12(13)10(3)4;2*1-2;/h5-7,10,12H,1,8-9H2,2-4H3;2*1-2H3;1H4/b11-6-,13-7+;;;. The van der Waals surface area contributed by atoms with E-state index in [9.17, 15) is 0 Å². The first-order chi connectivity index (χ1) is 8.20. The fourth-order valence-electron chi connectivity index (χ4n) is 2.21. The van der Waals surface area contributed by atoms with E-state index < -0.39 is 0 Å². The second-order valence-electron chi connectivity index (χ2n) is 4.06. The molecule has 0 heterocycles. The Bertz CT molecular complexity index is 241. The van der Waals surface area contributed by atoms with Crippen molar-refractivity contribution in [1.82, 2.24) is 0 Å². The van der Waals surface area contributed by atoms with Crippen LogP contribution < -0.4 is 0 Å². The van der Waals surface area contributed by atoms with E-state index in [0.29, 0.717) is 0 Å². The van der Waals surface area contributed by atoms with Gasteiger partial charge in [0.05, 0.1) is 0 Å². The third-order valence-corrected chi connectivity index (χ3v) is 2.95. The summed E-state index contributed by atoms with van der Waals surface area (Å²) in [6.07, 6.45) is 8.92. The molecule has 0 N–H and O–H groups in total. The lowest BCUT2D eigenvalue weighted by Gasteiger charge is -2.16. The molecule has 0 aromatic heterocycles. The molecule has 1 aliphatic rings. The summed E-state index contributed by atoms with van der Waals surface area (Å²) in [7, 11) is 0. The number of hydrogen-bond acceptors (Lipinski definition) is 0. The quantitative estimate of drug-likeness (QED) is 0.507. The van der Waals surface area contributed by atoms with Crippen LogP contribution in [0, 0.1) is 11.8 Å². The van der Waals surface area contributed by atoms with Crippen LogP contribution in [0.1, 0.15) is 68.7 Å². The first-order valence-corrected chi connectivity index (χ1v) is 7.18. The smallest absolute Gasteiger partial charge is 0.0133 e. The summed E-state index contributed by atoms with van der Waals surface area (Å²) in [4.78, 5) is 0. The van der Waals surface area contributed by atoms with Crippen molar-refractivity contribution in [2.24, 2.45) is 11.8 Å². The van der Waals surface area contributed by atoms with E-state index in [4.69, 9.17) is 0 Å². The Balaban J connectivity index is -0.000000409. The summed E-state index contributed by atoms with van der Waals surface area (Å²) < 4.78 is 0. The largest absolute Gasteiger partial charge is 0.0991 e. The van der Waals surface area contributed by atoms with Gasteiger partial charge in [0.25, 0.3) is 0 Å². The van der Waals surface area contributed by atoms with Gasteiger partial charge in [-0.2, -0.15) is 0 Å². The molecule has 0 aromatic rings. The van der Waals surface area contributed by atoms with Crippen LogP contribution in [0.15, 0.2) is 36.0 Å². The van der Waals surface area contributed by atoms with Crippen LogP contribution in [0.4, 0.5) is 0 Å². The van der Waals surface area contributed by atoms with E-state index in [1.54, 1.807) is 0 Å². The van der Waals surface area contributed by atoms with Gasteiger partial charge in [0.1, 0.15) is 0 Å². The lowest BCUT2D eigenvalue weighted by atomic mass is 9.89. The highest BCUT2D eigenvalue weighted by molar-refractivity contribution is 5.39. The number of hydrogen-bond donors (Lipinski definition) is 0. The summed E-state index contributed by atoms with van der Waals surface area (Å²) in [5.41, 5.74) is 3.05. The van der Waals surface area contributed by atoms with Crippen LogP contribution in [0.2, 0.25) is 0 Å². The highest BCUT2D eigenvalue weighted by atomic mass is 14.3. The fraction of sp³-hybridized carbons (Fsp3) is 0.667. The minimum Gasteiger partial charge on any atom is -0.0991 e. The summed E-state index contributed by atoms with van der Waals surface area (Å²) in [6, 6.07) is 0. The highest BCUT2D eigenvalue weighted by Gasteiger charge is 2.26. The maximum absolute atomic E-state index is 3.78. The van der Waals surface area contributed by atoms with Crippen LogP contribution >= 0.6 is 0 Å². The summed E-state index contributed by atoms with van der Waals surface area (Å²) in [5, 5.41) is 0. The third kappa shape index (κ3) is 6.83. The molecule has 0 bridgehead atoms. The zero-order valence-electron chi connectivity index (χ0n) is 13.0. The second kappa shape index (κ2) is 14.3. The van der Waals surface area contributed by atoms with Gasteiger partial charge in [-0.25, -0.2) is 0 Å². The van der Waals surface area contributed by atoms with Gasteiger partial charge in [-0.1, -0.05) is 73.8 Å². The zero-order chi connectivity index (χ0) is 13.8. The van der Waals surface area contributed by atoms with Crippen LogP contribution in [-0.4, -0.2) is 0 Å². The van der Waals surface area contributed by atoms with Gasteiger partial charge in [0.15, 0.2) is 0 Å². The van der Waals surface area contributed by atoms with Gasteiger partial charge in [-0.05, 0) is 42.7 Å². The highest BCUT2D eigenvalue weighted by Crippen LogP contribution is 2.40. The monoisotopic (exact) mass is 252 g/mol. The van der Waals surface area contributed by atoms with Crippen molar-refractivity contribution in [2.45, 2.75) is 68.7 Å². The molecular formula is C18H36. The zero-order valence-corrected chi connectivity index (χ0v) is 13.0. The molecule has 1 fully saturated rings. The van der Waals surface area contributed by atoms with E-state index in [1.807, 2.05) is 33.8 Å². The van der Waals surface area contributed by atoms with Gasteiger partial charge in [-0.3, -0.25) is 0 Å². The van der Waals surface area contributed by atoms with E-state index in [-0.39, 0.29) is 7.43 Å². The van der Waals surface area contributed by atoms with E-state index in [2.05, 4.69) is 39.5 Å². The van der Waals surface area contributed by atoms with Crippen molar-refractivity contribution in [3.63, 3.8) is 0 Å². The van der Waals surface area contributed by atoms with Crippen molar-refractivity contribution < 1.29 is 0 Å². The van der Waals surface area contributed by atoms with Crippen molar-refractivity contribution >= 4 is 0 Å². The average Bonchev–Trinajstić information content (AvgIpc) is 2.78. The Morgan fingerprint density at radius 2 is 1.67 bits per heavy atom. The van der Waals surface area contributed by atoms with Crippen LogP contribution in [-0.2, 0) is 0 Å². The lowest BCUT2D eigenvalue weighted by molar-refractivity contribution is 0.453. The summed E-state index contributed by atoms with van der Waals surface area (Å²) in [5.74, 6) is 1.51. The van der Waals surface area contributed by atoms with Crippen LogP contribution in [0.25, 0.3) is 0 Å². The first-order valence-electron chi connectivity index (χ1n) is 7.18. The van der Waals surface area contributed by atoms with Crippen molar-refractivity contribution in [2.75, 3.05) is 0 Å². The molecular weight excluding hydrogens is 216 g/mol. The van der Waals surface area contributed by atoms with E-state index in [1.165, 1.54) is 24.0 Å². The summed E-state index contributed by atoms with van der Waals surface area (Å²) >= 11 is 0. The summed E-state index contributed by atoms with van der Waals surface area (Å²) in [6.45, 7) is 18.5. The number of rotatable bonds is 2. The molecule has 0 spiro atoms. The van der Waals surface area contributed by atoms with Gasteiger partial charge in [0, 0.05) is 0 Å². The Morgan fingerprint density at radius 1 is 1.17 bits per heavy atom. The molecule has 1 atom stereocenters. The normalized spacial score (nSPS) is 21.7. The molecule has 0 heteroatoms. The minimum atomic E-state index is 0. The Kier molecular flexibility index (Phi) is 17.8. The van der Waals surface area contributed by atoms with E-state index >= 15 is 0 Å². The molecule has 1 rings (SSSR count). The molecule has 0 aliphatic heterocycles. The first kappa shape index (κ1) is 22.4. The van der Waals surface area contributed by atoms with Crippen LogP contribution in [0.5, 0.6) is 0 Å². The molecule has 0 nitrogen and oxygen atoms in total. The molecule has 1 unspecified atom stereocenters. The molecule has 0 radical (unpaired) electrons. The van der Waals surface area contributed by atoms with E-state index in [0.717, 1.165) is 11.8 Å².